The van der Waals surface area contributed by atoms with Gasteiger partial charge >= 0.3 is 12.1 Å². The number of ether oxygens (including phenoxy) is 2. The summed E-state index contributed by atoms with van der Waals surface area (Å²) in [6.45, 7) is 0.00218. The number of carboxylic acid groups (broad SMARTS) is 1. The Bertz CT molecular complexity index is 1120. The second-order valence-corrected chi connectivity index (χ2v) is 9.19. The van der Waals surface area contributed by atoms with Crippen LogP contribution >= 0.6 is 0 Å². The zero-order valence-corrected chi connectivity index (χ0v) is 20.0. The summed E-state index contributed by atoms with van der Waals surface area (Å²) in [6, 6.07) is 2.23. The summed E-state index contributed by atoms with van der Waals surface area (Å²) in [7, 11) is 3.50. The molecule has 11 heteroatoms. The molecule has 2 aliphatic carbocycles. The van der Waals surface area contributed by atoms with Gasteiger partial charge in [-0.1, -0.05) is 12.8 Å². The molecule has 2 heterocycles. The van der Waals surface area contributed by atoms with Crippen molar-refractivity contribution in [1.82, 2.24) is 24.6 Å². The normalized spacial score (nSPS) is 20.3. The van der Waals surface area contributed by atoms with Gasteiger partial charge in [0.05, 0.1) is 29.7 Å². The number of nitriles is 1. The first-order valence-electron chi connectivity index (χ1n) is 11.9. The van der Waals surface area contributed by atoms with Crippen molar-refractivity contribution in [2.45, 2.75) is 70.1 Å². The van der Waals surface area contributed by atoms with Gasteiger partial charge in [-0.15, -0.1) is 0 Å². The monoisotopic (exact) mass is 482 g/mol. The third kappa shape index (κ3) is 5.53. The van der Waals surface area contributed by atoms with Crippen LogP contribution in [0.3, 0.4) is 0 Å². The molecular formula is C24H30N6O5. The molecule has 2 saturated carbocycles. The summed E-state index contributed by atoms with van der Waals surface area (Å²) in [5.41, 5.74) is 1.64. The third-order valence-electron chi connectivity index (χ3n) is 6.93. The van der Waals surface area contributed by atoms with E-state index in [1.807, 2.05) is 6.07 Å². The number of carbonyl (C=O) groups is 2. The minimum absolute atomic E-state index is 0.00218. The maximum Gasteiger partial charge on any atom is 0.410 e. The van der Waals surface area contributed by atoms with Gasteiger partial charge in [0.25, 0.3) is 5.88 Å². The number of hydrogen-bond donors (Lipinski definition) is 1. The third-order valence-corrected chi connectivity index (χ3v) is 6.93. The molecule has 11 nitrogen and oxygen atoms in total. The Morgan fingerprint density at radius 1 is 1.23 bits per heavy atom. The summed E-state index contributed by atoms with van der Waals surface area (Å²) < 4.78 is 13.0. The van der Waals surface area contributed by atoms with Crippen molar-refractivity contribution in [2.24, 2.45) is 13.0 Å². The smallest absolute Gasteiger partial charge is 0.410 e. The second-order valence-electron chi connectivity index (χ2n) is 9.19. The predicted molar refractivity (Wildman–Crippen MR) is 123 cm³/mol. The lowest BCUT2D eigenvalue weighted by atomic mass is 9.87. The minimum atomic E-state index is -0.834. The molecule has 0 saturated heterocycles. The Balaban J connectivity index is 1.47. The van der Waals surface area contributed by atoms with Crippen molar-refractivity contribution in [2.75, 3.05) is 7.05 Å². The Morgan fingerprint density at radius 3 is 2.71 bits per heavy atom. The van der Waals surface area contributed by atoms with Crippen molar-refractivity contribution in [3.05, 3.63) is 23.8 Å². The summed E-state index contributed by atoms with van der Waals surface area (Å²) in [6.07, 6.45) is 9.01. The highest BCUT2D eigenvalue weighted by Crippen LogP contribution is 2.30. The fourth-order valence-electron chi connectivity index (χ4n) is 4.82. The molecule has 186 valence electrons. The molecule has 0 radical (unpaired) electrons. The van der Waals surface area contributed by atoms with Gasteiger partial charge in [0.15, 0.2) is 0 Å². The number of aryl methyl sites for hydroxylation is 1. The number of amides is 1. The van der Waals surface area contributed by atoms with Gasteiger partial charge in [0, 0.05) is 25.7 Å². The molecule has 0 spiro atoms. The molecule has 2 fully saturated rings. The van der Waals surface area contributed by atoms with E-state index in [2.05, 4.69) is 15.1 Å². The van der Waals surface area contributed by atoms with Crippen LogP contribution in [0, 0.1) is 17.2 Å². The van der Waals surface area contributed by atoms with E-state index >= 15 is 0 Å². The molecule has 2 atom stereocenters. The highest BCUT2D eigenvalue weighted by molar-refractivity contribution is 5.70. The largest absolute Gasteiger partial charge is 0.481 e. The summed E-state index contributed by atoms with van der Waals surface area (Å²) in [5, 5.41) is 23.2. The SMILES string of the molecule is CN(C(=O)OCc1c(-c2cnc(O[C@H]3CCC[C@H](C(=O)O)C3)c(C#N)n2)cnn1C)C1CCCC1. The molecule has 0 aromatic carbocycles. The fraction of sp³-hybridized carbons (Fsp3) is 0.583. The lowest BCUT2D eigenvalue weighted by molar-refractivity contribution is -0.143. The van der Waals surface area contributed by atoms with Crippen LogP contribution in [0.4, 0.5) is 4.79 Å². The molecular weight excluding hydrogens is 452 g/mol. The van der Waals surface area contributed by atoms with Crippen LogP contribution in [-0.2, 0) is 23.2 Å². The van der Waals surface area contributed by atoms with Gasteiger partial charge < -0.3 is 19.5 Å². The van der Waals surface area contributed by atoms with Crippen LogP contribution in [0.2, 0.25) is 0 Å². The quantitative estimate of drug-likeness (QED) is 0.628. The number of hydrogen-bond acceptors (Lipinski definition) is 8. The number of rotatable bonds is 7. The number of aromatic nitrogens is 4. The molecule has 4 rings (SSSR count). The van der Waals surface area contributed by atoms with Crippen molar-refractivity contribution in [3.8, 4) is 23.2 Å². The number of carboxylic acids is 1. The second kappa shape index (κ2) is 10.7. The van der Waals surface area contributed by atoms with Gasteiger partial charge in [-0.25, -0.2) is 14.8 Å². The van der Waals surface area contributed by atoms with E-state index in [1.165, 1.54) is 6.20 Å². The summed E-state index contributed by atoms with van der Waals surface area (Å²) in [5.74, 6) is -1.21. The van der Waals surface area contributed by atoms with Crippen LogP contribution < -0.4 is 4.74 Å². The van der Waals surface area contributed by atoms with E-state index < -0.39 is 11.9 Å². The first kappa shape index (κ1) is 24.4. The highest BCUT2D eigenvalue weighted by Gasteiger charge is 2.29. The molecule has 2 aromatic heterocycles. The van der Waals surface area contributed by atoms with Crippen molar-refractivity contribution < 1.29 is 24.2 Å². The van der Waals surface area contributed by atoms with Crippen LogP contribution in [-0.4, -0.2) is 61.0 Å². The topological polar surface area (TPSA) is 143 Å². The zero-order chi connectivity index (χ0) is 24.9. The average Bonchev–Trinajstić information content (AvgIpc) is 3.52. The predicted octanol–water partition coefficient (Wildman–Crippen LogP) is 3.28. The Hall–Kier alpha value is -3.68. The minimum Gasteiger partial charge on any atom is -0.481 e. The Morgan fingerprint density at radius 2 is 2.00 bits per heavy atom. The Labute approximate surface area is 203 Å². The van der Waals surface area contributed by atoms with Crippen LogP contribution in [0.15, 0.2) is 12.4 Å². The van der Waals surface area contributed by atoms with Crippen molar-refractivity contribution >= 4 is 12.1 Å². The fourth-order valence-corrected chi connectivity index (χ4v) is 4.82. The van der Waals surface area contributed by atoms with Gasteiger partial charge in [-0.2, -0.15) is 10.4 Å². The van der Waals surface area contributed by atoms with Crippen LogP contribution in [0.25, 0.3) is 11.3 Å². The average molecular weight is 483 g/mol. The number of carbonyl (C=O) groups excluding carboxylic acids is 1. The van der Waals surface area contributed by atoms with E-state index in [0.717, 1.165) is 32.1 Å². The maximum atomic E-state index is 12.5. The van der Waals surface area contributed by atoms with Gasteiger partial charge in [-0.05, 0) is 38.5 Å². The number of nitrogens with zero attached hydrogens (tertiary/aromatic N) is 6. The molecule has 0 bridgehead atoms. The molecule has 1 amide bonds. The lowest BCUT2D eigenvalue weighted by Crippen LogP contribution is -2.35. The van der Waals surface area contributed by atoms with E-state index in [9.17, 15) is 20.0 Å². The molecule has 2 aromatic rings. The van der Waals surface area contributed by atoms with Crippen LogP contribution in [0.5, 0.6) is 5.88 Å². The summed E-state index contributed by atoms with van der Waals surface area (Å²) >= 11 is 0. The first-order valence-corrected chi connectivity index (χ1v) is 11.9. The van der Waals surface area contributed by atoms with Gasteiger partial charge in [0.2, 0.25) is 5.69 Å². The highest BCUT2D eigenvalue weighted by atomic mass is 16.6. The van der Waals surface area contributed by atoms with E-state index in [0.29, 0.717) is 36.2 Å². The van der Waals surface area contributed by atoms with E-state index in [1.54, 1.807) is 29.9 Å². The lowest BCUT2D eigenvalue weighted by Gasteiger charge is -2.26. The van der Waals surface area contributed by atoms with Gasteiger partial charge in [-0.3, -0.25) is 9.48 Å². The molecule has 1 N–H and O–H groups in total. The summed E-state index contributed by atoms with van der Waals surface area (Å²) in [4.78, 5) is 34.2. The van der Waals surface area contributed by atoms with E-state index in [4.69, 9.17) is 9.47 Å². The number of aliphatic carboxylic acids is 1. The van der Waals surface area contributed by atoms with Crippen molar-refractivity contribution in [3.63, 3.8) is 0 Å². The van der Waals surface area contributed by atoms with Crippen LogP contribution in [0.1, 0.15) is 62.8 Å². The Kier molecular flexibility index (Phi) is 7.48. The van der Waals surface area contributed by atoms with Crippen molar-refractivity contribution in [1.29, 1.82) is 5.26 Å². The maximum absolute atomic E-state index is 12.5. The first-order chi connectivity index (χ1) is 16.9. The van der Waals surface area contributed by atoms with E-state index in [-0.39, 0.29) is 36.4 Å². The van der Waals surface area contributed by atoms with Gasteiger partial charge in [0.1, 0.15) is 18.8 Å². The molecule has 2 aliphatic rings. The standard InChI is InChI=1S/C24H30N6O5/c1-29(16-7-3-4-8-16)24(33)34-14-21-18(12-27-30(21)2)20-13-26-22(19(11-25)28-20)35-17-9-5-6-15(10-17)23(31)32/h12-13,15-17H,3-10,14H2,1-2H3,(H,31,32)/t15-,17-/m0/s1. The zero-order valence-electron chi connectivity index (χ0n) is 20.0. The molecule has 0 aliphatic heterocycles. The molecule has 35 heavy (non-hydrogen) atoms. The molecule has 0 unspecified atom stereocenters.